The molecule has 0 atom stereocenters. The molecule has 0 aromatic heterocycles. The van der Waals surface area contributed by atoms with Crippen molar-refractivity contribution in [3.05, 3.63) is 35.4 Å². The van der Waals surface area contributed by atoms with Gasteiger partial charge in [-0.3, -0.25) is 4.21 Å². The van der Waals surface area contributed by atoms with Crippen LogP contribution in [-0.4, -0.2) is 16.7 Å². The van der Waals surface area contributed by atoms with Crippen molar-refractivity contribution in [1.82, 2.24) is 0 Å². The smallest absolute Gasteiger partial charge is 0.0991 e. The zero-order valence-electron chi connectivity index (χ0n) is 8.23. The van der Waals surface area contributed by atoms with E-state index in [0.717, 1.165) is 5.56 Å². The fraction of sp³-hybridized carbons (Fsp3) is 0.300. The van der Waals surface area contributed by atoms with E-state index in [1.807, 2.05) is 18.2 Å². The largest absolute Gasteiger partial charge is 0.250 e. The van der Waals surface area contributed by atoms with Gasteiger partial charge in [0.2, 0.25) is 0 Å². The highest BCUT2D eigenvalue weighted by Crippen LogP contribution is 2.05. The molecule has 0 saturated heterocycles. The lowest BCUT2D eigenvalue weighted by molar-refractivity contribution is 0.682. The summed E-state index contributed by atoms with van der Waals surface area (Å²) >= 11 is 0. The lowest BCUT2D eigenvalue weighted by atomic mass is 10.1. The lowest BCUT2D eigenvalue weighted by Gasteiger charge is -1.97. The zero-order valence-corrected chi connectivity index (χ0v) is 9.04. The molecule has 0 radical (unpaired) electrons. The molecule has 0 fully saturated rings. The van der Waals surface area contributed by atoms with Crippen LogP contribution in [0.4, 0.5) is 0 Å². The van der Waals surface area contributed by atoms with Crippen LogP contribution in [0.1, 0.15) is 11.1 Å². The molecular weight excluding hydrogens is 196 g/mol. The van der Waals surface area contributed by atoms with Gasteiger partial charge in [0.25, 0.3) is 0 Å². The SMILES string of the molecule is CS(C)(=O)=NCc1ccc(C#N)cc1. The summed E-state index contributed by atoms with van der Waals surface area (Å²) in [6.07, 6.45) is 3.22. The van der Waals surface area contributed by atoms with Crippen molar-refractivity contribution in [3.8, 4) is 6.07 Å². The molecule has 0 heterocycles. The van der Waals surface area contributed by atoms with Crippen molar-refractivity contribution in [3.63, 3.8) is 0 Å². The minimum Gasteiger partial charge on any atom is -0.250 e. The predicted octanol–water partition coefficient (Wildman–Crippen LogP) is 1.79. The van der Waals surface area contributed by atoms with E-state index in [9.17, 15) is 4.21 Å². The number of hydrogen-bond acceptors (Lipinski definition) is 3. The molecule has 14 heavy (non-hydrogen) atoms. The van der Waals surface area contributed by atoms with Gasteiger partial charge >= 0.3 is 0 Å². The van der Waals surface area contributed by atoms with Gasteiger partial charge in [-0.05, 0) is 17.7 Å². The maximum absolute atomic E-state index is 11.3. The highest BCUT2D eigenvalue weighted by molar-refractivity contribution is 7.92. The van der Waals surface area contributed by atoms with Gasteiger partial charge in [-0.15, -0.1) is 0 Å². The highest BCUT2D eigenvalue weighted by Gasteiger charge is 1.94. The van der Waals surface area contributed by atoms with E-state index in [4.69, 9.17) is 5.26 Å². The Hall–Kier alpha value is -1.34. The monoisotopic (exact) mass is 208 g/mol. The number of hydrogen-bond donors (Lipinski definition) is 0. The molecule has 0 amide bonds. The summed E-state index contributed by atoms with van der Waals surface area (Å²) in [5, 5.41) is 8.57. The second-order valence-electron chi connectivity index (χ2n) is 3.28. The molecule has 0 saturated carbocycles. The molecule has 0 aliphatic carbocycles. The van der Waals surface area contributed by atoms with E-state index in [-0.39, 0.29) is 0 Å². The van der Waals surface area contributed by atoms with Gasteiger partial charge < -0.3 is 0 Å². The first kappa shape index (κ1) is 10.7. The predicted molar refractivity (Wildman–Crippen MR) is 57.3 cm³/mol. The summed E-state index contributed by atoms with van der Waals surface area (Å²) in [6, 6.07) is 9.16. The van der Waals surface area contributed by atoms with Crippen LogP contribution in [0, 0.1) is 11.3 Å². The van der Waals surface area contributed by atoms with Crippen LogP contribution in [0.2, 0.25) is 0 Å². The fourth-order valence-electron chi connectivity index (χ4n) is 0.915. The molecule has 3 nitrogen and oxygen atoms in total. The minimum absolute atomic E-state index is 0.442. The third kappa shape index (κ3) is 3.58. The Bertz CT molecular complexity index is 454. The van der Waals surface area contributed by atoms with Crippen LogP contribution in [0.5, 0.6) is 0 Å². The molecule has 0 bridgehead atoms. The average molecular weight is 208 g/mol. The van der Waals surface area contributed by atoms with Crippen LogP contribution in [0.3, 0.4) is 0 Å². The molecule has 0 unspecified atom stereocenters. The van der Waals surface area contributed by atoms with Gasteiger partial charge in [0.05, 0.1) is 18.2 Å². The Kier molecular flexibility index (Phi) is 3.26. The lowest BCUT2D eigenvalue weighted by Crippen LogP contribution is -1.92. The standard InChI is InChI=1S/C10H12N2OS/c1-14(2,13)12-8-10-5-3-9(7-11)4-6-10/h3-6H,8H2,1-2H3. The first-order valence-corrected chi connectivity index (χ1v) is 6.46. The van der Waals surface area contributed by atoms with E-state index in [0.29, 0.717) is 12.1 Å². The van der Waals surface area contributed by atoms with Gasteiger partial charge in [0.15, 0.2) is 0 Å². The minimum atomic E-state index is -2.03. The van der Waals surface area contributed by atoms with Crippen LogP contribution in [-0.2, 0) is 16.3 Å². The molecular formula is C10H12N2OS. The van der Waals surface area contributed by atoms with E-state index < -0.39 is 9.73 Å². The summed E-state index contributed by atoms with van der Waals surface area (Å²) in [4.78, 5) is 0. The van der Waals surface area contributed by atoms with Crippen LogP contribution < -0.4 is 0 Å². The van der Waals surface area contributed by atoms with Crippen molar-refractivity contribution in [2.24, 2.45) is 4.36 Å². The Morgan fingerprint density at radius 1 is 1.36 bits per heavy atom. The van der Waals surface area contributed by atoms with Gasteiger partial charge in [-0.25, -0.2) is 4.36 Å². The van der Waals surface area contributed by atoms with E-state index in [1.54, 1.807) is 24.6 Å². The van der Waals surface area contributed by atoms with Crippen LogP contribution in [0.15, 0.2) is 28.6 Å². The second kappa shape index (κ2) is 4.25. The summed E-state index contributed by atoms with van der Waals surface area (Å²) < 4.78 is 15.3. The van der Waals surface area contributed by atoms with Crippen LogP contribution >= 0.6 is 0 Å². The third-order valence-corrected chi connectivity index (χ3v) is 2.39. The highest BCUT2D eigenvalue weighted by atomic mass is 32.2. The molecule has 74 valence electrons. The van der Waals surface area contributed by atoms with Gasteiger partial charge in [0, 0.05) is 22.2 Å². The Morgan fingerprint density at radius 3 is 2.36 bits per heavy atom. The maximum Gasteiger partial charge on any atom is 0.0991 e. The number of rotatable bonds is 2. The maximum atomic E-state index is 11.3. The second-order valence-corrected chi connectivity index (χ2v) is 5.90. The molecule has 4 heteroatoms. The topological polar surface area (TPSA) is 53.2 Å². The number of nitrogens with zero attached hydrogens (tertiary/aromatic N) is 2. The molecule has 0 spiro atoms. The summed E-state index contributed by atoms with van der Waals surface area (Å²) in [5.74, 6) is 0. The molecule has 0 N–H and O–H groups in total. The molecule has 1 rings (SSSR count). The molecule has 1 aromatic rings. The molecule has 0 aliphatic rings. The normalized spacial score (nSPS) is 10.6. The van der Waals surface area contributed by atoms with Crippen molar-refractivity contribution in [2.45, 2.75) is 6.54 Å². The van der Waals surface area contributed by atoms with Crippen LogP contribution in [0.25, 0.3) is 0 Å². The first-order chi connectivity index (χ1) is 6.51. The van der Waals surface area contributed by atoms with E-state index in [2.05, 4.69) is 4.36 Å². The molecule has 0 aliphatic heterocycles. The van der Waals surface area contributed by atoms with Crippen molar-refractivity contribution >= 4 is 9.73 Å². The zero-order chi connectivity index (χ0) is 10.6. The quantitative estimate of drug-likeness (QED) is 0.744. The van der Waals surface area contributed by atoms with Gasteiger partial charge in [-0.1, -0.05) is 12.1 Å². The third-order valence-electron chi connectivity index (χ3n) is 1.64. The van der Waals surface area contributed by atoms with E-state index >= 15 is 0 Å². The Labute approximate surface area is 84.6 Å². The Balaban J connectivity index is 2.81. The number of nitriles is 1. The van der Waals surface area contributed by atoms with Crippen molar-refractivity contribution in [2.75, 3.05) is 12.5 Å². The summed E-state index contributed by atoms with van der Waals surface area (Å²) in [5.41, 5.74) is 1.60. The number of benzene rings is 1. The van der Waals surface area contributed by atoms with Gasteiger partial charge in [-0.2, -0.15) is 5.26 Å². The van der Waals surface area contributed by atoms with Crippen molar-refractivity contribution < 1.29 is 4.21 Å². The van der Waals surface area contributed by atoms with Crippen molar-refractivity contribution in [1.29, 1.82) is 5.26 Å². The first-order valence-electron chi connectivity index (χ1n) is 4.13. The van der Waals surface area contributed by atoms with Gasteiger partial charge in [0.1, 0.15) is 0 Å². The average Bonchev–Trinajstić information content (AvgIpc) is 2.14. The summed E-state index contributed by atoms with van der Waals surface area (Å²) in [7, 11) is -2.03. The van der Waals surface area contributed by atoms with E-state index in [1.165, 1.54) is 0 Å². The summed E-state index contributed by atoms with van der Waals surface area (Å²) in [6.45, 7) is 0.442. The Morgan fingerprint density at radius 2 is 1.93 bits per heavy atom. The molecule has 1 aromatic carbocycles. The fourth-order valence-corrected chi connectivity index (χ4v) is 1.37.